The number of fused-ring (bicyclic) bond motifs is 5. The molecule has 0 unspecified atom stereocenters. The largest absolute Gasteiger partial charge is 2.00 e. The fourth-order valence-electron chi connectivity index (χ4n) is 10.4. The van der Waals surface area contributed by atoms with Gasteiger partial charge in [0.15, 0.2) is 0 Å². The van der Waals surface area contributed by atoms with E-state index < -0.39 is 0 Å². The molecular weight excluding hydrogens is 701 g/mol. The van der Waals surface area contributed by atoms with Gasteiger partial charge in [-0.3, -0.25) is 5.57 Å². The summed E-state index contributed by atoms with van der Waals surface area (Å²) in [6.07, 6.45) is 18.2. The van der Waals surface area contributed by atoms with Crippen LogP contribution in [0.4, 0.5) is 0 Å². The smallest absolute Gasteiger partial charge is 0.497 e. The van der Waals surface area contributed by atoms with Crippen LogP contribution >= 0.6 is 0 Å². The summed E-state index contributed by atoms with van der Waals surface area (Å²) in [6.45, 7) is 24.0. The zero-order valence-corrected chi connectivity index (χ0v) is 30.9. The molecule has 0 spiro atoms. The van der Waals surface area contributed by atoms with Gasteiger partial charge >= 0.3 is 21.1 Å². The van der Waals surface area contributed by atoms with E-state index in [1.54, 1.807) is 0 Å². The van der Waals surface area contributed by atoms with Crippen LogP contribution in [0.2, 0.25) is 0 Å². The second-order valence-electron chi connectivity index (χ2n) is 14.5. The first-order chi connectivity index (χ1) is 16.2. The molecule has 37 heavy (non-hydrogen) atoms. The van der Waals surface area contributed by atoms with E-state index in [4.69, 9.17) is 11.7 Å². The molecular formula is C33H51O2WY-. The number of ether oxygens (including phenoxy) is 1. The van der Waals surface area contributed by atoms with Crippen molar-refractivity contribution in [1.82, 2.24) is 0 Å². The van der Waals surface area contributed by atoms with Crippen LogP contribution in [-0.2, 0) is 63.3 Å². The van der Waals surface area contributed by atoms with Crippen LogP contribution < -0.4 is 0 Å². The molecule has 0 aromatic rings. The van der Waals surface area contributed by atoms with Crippen molar-refractivity contribution in [2.45, 2.75) is 113 Å². The Hall–Kier alpha value is 0.902. The molecule has 8 atom stereocenters. The number of methoxy groups -OCH3 is 1. The molecule has 4 rings (SSSR count). The Bertz CT molecular complexity index is 908. The van der Waals surface area contributed by atoms with Crippen molar-refractivity contribution < 1.29 is 63.3 Å². The van der Waals surface area contributed by atoms with E-state index in [0.29, 0.717) is 40.3 Å². The van der Waals surface area contributed by atoms with Gasteiger partial charge in [0.25, 0.3) is 0 Å². The first kappa shape index (κ1) is 34.1. The molecule has 0 saturated heterocycles. The maximum absolute atomic E-state index is 11.4. The van der Waals surface area contributed by atoms with Gasteiger partial charge < -0.3 is 22.5 Å². The molecule has 0 aliphatic heterocycles. The number of carbonyl (C=O) groups excluding carboxylic acids is 1. The van der Waals surface area contributed by atoms with Gasteiger partial charge in [0.1, 0.15) is 0 Å². The molecule has 2 nitrogen and oxygen atoms in total. The molecule has 0 heterocycles. The van der Waals surface area contributed by atoms with Gasteiger partial charge in [-0.1, -0.05) is 61.8 Å². The molecule has 4 aliphatic rings. The van der Waals surface area contributed by atoms with Crippen LogP contribution in [-0.4, -0.2) is 19.5 Å². The van der Waals surface area contributed by atoms with Crippen LogP contribution in [0.25, 0.3) is 0 Å². The Morgan fingerprint density at radius 3 is 2.19 bits per heavy atom. The molecule has 4 heteroatoms. The van der Waals surface area contributed by atoms with Crippen molar-refractivity contribution >= 4 is 6.29 Å². The summed E-state index contributed by atoms with van der Waals surface area (Å²) >= 11 is 0. The predicted octanol–water partition coefficient (Wildman–Crippen LogP) is 8.33. The Morgan fingerprint density at radius 1 is 0.973 bits per heavy atom. The Labute approximate surface area is 268 Å². The van der Waals surface area contributed by atoms with Gasteiger partial charge in [-0.15, -0.1) is 0 Å². The molecule has 0 N–H and O–H groups in total. The fraction of sp³-hybridized carbons (Fsp3) is 0.818. The van der Waals surface area contributed by atoms with Crippen molar-refractivity contribution in [1.29, 1.82) is 0 Å². The van der Waals surface area contributed by atoms with Crippen LogP contribution in [0.15, 0.2) is 17.2 Å². The van der Waals surface area contributed by atoms with Gasteiger partial charge in [-0.2, -0.15) is 11.5 Å². The SMILES string of the molecule is [CH2-][C@]1(/C=C(\C)[C-]=O)CC[C@]2(C)[C@H](CC[C@@H]3[C@@]4(C)CC[C@H](OC)C(C)(C)[C@@H]4CC[C@]32C)C1=[C-]C(C)C.[W+2].[Y]. The summed E-state index contributed by atoms with van der Waals surface area (Å²) in [5.41, 5.74) is 2.85. The molecule has 0 amide bonds. The van der Waals surface area contributed by atoms with Crippen molar-refractivity contribution in [3.63, 3.8) is 0 Å². The summed E-state index contributed by atoms with van der Waals surface area (Å²) in [5, 5.41) is 0. The molecule has 0 bridgehead atoms. The summed E-state index contributed by atoms with van der Waals surface area (Å²) in [4.78, 5) is 11.4. The van der Waals surface area contributed by atoms with Gasteiger partial charge in [0.05, 0.1) is 6.10 Å². The normalized spacial score (nSPS) is 46.1. The molecule has 4 saturated carbocycles. The molecule has 0 aromatic carbocycles. The first-order valence-electron chi connectivity index (χ1n) is 14.3. The van der Waals surface area contributed by atoms with E-state index in [0.717, 1.165) is 12.3 Å². The Balaban J connectivity index is 0.00000241. The number of hydrogen-bond donors (Lipinski definition) is 0. The van der Waals surface area contributed by atoms with Gasteiger partial charge in [-0.05, 0) is 90.6 Å². The van der Waals surface area contributed by atoms with Crippen LogP contribution in [0.1, 0.15) is 107 Å². The van der Waals surface area contributed by atoms with Crippen molar-refractivity contribution in [3.8, 4) is 0 Å². The number of allylic oxidation sites excluding steroid dienone is 4. The molecule has 0 aromatic heterocycles. The van der Waals surface area contributed by atoms with E-state index in [2.05, 4.69) is 66.9 Å². The summed E-state index contributed by atoms with van der Waals surface area (Å²) in [7, 11) is 1.92. The summed E-state index contributed by atoms with van der Waals surface area (Å²) in [6, 6.07) is 0. The Kier molecular flexibility index (Phi) is 10.7. The third-order valence-corrected chi connectivity index (χ3v) is 12.2. The summed E-state index contributed by atoms with van der Waals surface area (Å²) < 4.78 is 6.03. The van der Waals surface area contributed by atoms with Crippen LogP contribution in [0.5, 0.6) is 0 Å². The van der Waals surface area contributed by atoms with E-state index in [9.17, 15) is 4.79 Å². The van der Waals surface area contributed by atoms with Gasteiger partial charge in [0, 0.05) is 39.8 Å². The summed E-state index contributed by atoms with van der Waals surface area (Å²) in [5.74, 6) is 2.29. The van der Waals surface area contributed by atoms with Crippen LogP contribution in [0, 0.1) is 63.7 Å². The minimum absolute atomic E-state index is 0. The average molecular weight is 753 g/mol. The topological polar surface area (TPSA) is 26.3 Å². The third-order valence-electron chi connectivity index (χ3n) is 12.2. The Morgan fingerprint density at radius 2 is 1.62 bits per heavy atom. The van der Waals surface area contributed by atoms with E-state index >= 15 is 0 Å². The minimum Gasteiger partial charge on any atom is -0.497 e. The predicted molar refractivity (Wildman–Crippen MR) is 145 cm³/mol. The maximum Gasteiger partial charge on any atom is 2.00 e. The van der Waals surface area contributed by atoms with Gasteiger partial charge in [0.2, 0.25) is 0 Å². The molecule has 4 fully saturated rings. The third kappa shape index (κ3) is 5.21. The number of rotatable bonds is 4. The van der Waals surface area contributed by atoms with E-state index in [1.165, 1.54) is 50.5 Å². The second-order valence-corrected chi connectivity index (χ2v) is 14.5. The molecule has 1 radical (unpaired) electrons. The zero-order chi connectivity index (χ0) is 26.0. The van der Waals surface area contributed by atoms with Crippen molar-refractivity contribution in [2.75, 3.05) is 7.11 Å². The molecule has 4 aliphatic carbocycles. The standard InChI is InChI=1S/C33H51O2.W.Y/c1-22(2)19-25-24-11-12-27-31(7)15-14-28(35-10)29(4,5)26(31)13-16-33(27,9)32(24,8)18-17-30(25,6)20-23(3)21-34;;/h20,22,24,26-28H,6,11-18H2,1-5,7-10H3;;/q-3;+2;/b23-20+;;/t24-,26+,27-,28+,30-,31+,32-,33-;;/m1../s1. The van der Waals surface area contributed by atoms with Crippen molar-refractivity contribution in [2.24, 2.45) is 50.7 Å². The quantitative estimate of drug-likeness (QED) is 0.214. The monoisotopic (exact) mass is 752 g/mol. The molecule has 205 valence electrons. The van der Waals surface area contributed by atoms with Gasteiger partial charge in [-0.25, -0.2) is 11.5 Å². The number of hydrogen-bond acceptors (Lipinski definition) is 2. The minimum atomic E-state index is -0.335. The first-order valence-corrected chi connectivity index (χ1v) is 14.3. The maximum atomic E-state index is 11.4. The fourth-order valence-corrected chi connectivity index (χ4v) is 10.4. The van der Waals surface area contributed by atoms with Crippen molar-refractivity contribution in [3.05, 3.63) is 30.2 Å². The van der Waals surface area contributed by atoms with Crippen LogP contribution in [0.3, 0.4) is 0 Å². The second kappa shape index (κ2) is 11.6. The zero-order valence-electron chi connectivity index (χ0n) is 25.1. The van der Waals surface area contributed by atoms with E-state index in [-0.39, 0.29) is 70.0 Å². The van der Waals surface area contributed by atoms with E-state index in [1.807, 2.05) is 14.0 Å². The average Bonchev–Trinajstić information content (AvgIpc) is 2.76.